The van der Waals surface area contributed by atoms with Crippen molar-refractivity contribution in [2.75, 3.05) is 31.1 Å². The molecule has 1 fully saturated rings. The number of hydrogen-bond donors (Lipinski definition) is 1. The van der Waals surface area contributed by atoms with Crippen LogP contribution in [0, 0.1) is 6.92 Å². The lowest BCUT2D eigenvalue weighted by molar-refractivity contribution is 0.586. The van der Waals surface area contributed by atoms with Crippen LogP contribution in [0.25, 0.3) is 0 Å². The predicted molar refractivity (Wildman–Crippen MR) is 65.9 cm³/mol. The summed E-state index contributed by atoms with van der Waals surface area (Å²) in [6.07, 6.45) is 1.98. The van der Waals surface area contributed by atoms with Gasteiger partial charge in [-0.25, -0.2) is 9.97 Å². The van der Waals surface area contributed by atoms with Crippen LogP contribution in [0.2, 0.25) is 0 Å². The van der Waals surface area contributed by atoms with Crippen molar-refractivity contribution in [1.82, 2.24) is 15.3 Å². The Hall–Kier alpha value is -1.16. The van der Waals surface area contributed by atoms with Gasteiger partial charge in [0.15, 0.2) is 0 Å². The highest BCUT2D eigenvalue weighted by Gasteiger charge is 2.14. The van der Waals surface area contributed by atoms with Gasteiger partial charge in [-0.1, -0.05) is 13.8 Å². The topological polar surface area (TPSA) is 41.1 Å². The van der Waals surface area contributed by atoms with E-state index in [1.165, 1.54) is 5.69 Å². The highest BCUT2D eigenvalue weighted by Crippen LogP contribution is 2.19. The average Bonchev–Trinajstić information content (AvgIpc) is 2.30. The van der Waals surface area contributed by atoms with Crippen molar-refractivity contribution in [1.29, 1.82) is 0 Å². The first-order chi connectivity index (χ1) is 7.68. The Labute approximate surface area is 97.1 Å². The first-order valence-electron chi connectivity index (χ1n) is 5.97. The second-order valence-corrected chi connectivity index (χ2v) is 4.59. The molecule has 0 radical (unpaired) electrons. The average molecular weight is 220 g/mol. The van der Waals surface area contributed by atoms with E-state index >= 15 is 0 Å². The number of rotatable bonds is 2. The lowest BCUT2D eigenvalue weighted by atomic mass is 10.2. The van der Waals surface area contributed by atoms with Gasteiger partial charge in [0.05, 0.1) is 17.6 Å². The quantitative estimate of drug-likeness (QED) is 0.816. The van der Waals surface area contributed by atoms with Crippen LogP contribution >= 0.6 is 0 Å². The lowest BCUT2D eigenvalue weighted by Gasteiger charge is -2.30. The molecule has 0 aromatic carbocycles. The van der Waals surface area contributed by atoms with Crippen molar-refractivity contribution in [2.45, 2.75) is 26.7 Å². The van der Waals surface area contributed by atoms with Crippen LogP contribution in [-0.4, -0.2) is 36.1 Å². The summed E-state index contributed by atoms with van der Waals surface area (Å²) in [4.78, 5) is 11.4. The van der Waals surface area contributed by atoms with Gasteiger partial charge in [0.25, 0.3) is 0 Å². The van der Waals surface area contributed by atoms with Gasteiger partial charge in [0.1, 0.15) is 5.82 Å². The van der Waals surface area contributed by atoms with Gasteiger partial charge in [-0.15, -0.1) is 0 Å². The zero-order valence-electron chi connectivity index (χ0n) is 10.3. The second kappa shape index (κ2) is 4.78. The van der Waals surface area contributed by atoms with Crippen LogP contribution in [-0.2, 0) is 0 Å². The summed E-state index contributed by atoms with van der Waals surface area (Å²) in [7, 11) is 0. The van der Waals surface area contributed by atoms with Crippen LogP contribution in [0.1, 0.15) is 31.3 Å². The molecule has 0 bridgehead atoms. The first-order valence-corrected chi connectivity index (χ1v) is 5.97. The molecule has 16 heavy (non-hydrogen) atoms. The van der Waals surface area contributed by atoms with Crippen LogP contribution in [0.4, 0.5) is 5.69 Å². The van der Waals surface area contributed by atoms with Crippen molar-refractivity contribution in [3.8, 4) is 0 Å². The largest absolute Gasteiger partial charge is 0.366 e. The highest BCUT2D eigenvalue weighted by atomic mass is 15.2. The Bertz CT molecular complexity index is 356. The van der Waals surface area contributed by atoms with Gasteiger partial charge in [-0.2, -0.15) is 0 Å². The second-order valence-electron chi connectivity index (χ2n) is 4.59. The van der Waals surface area contributed by atoms with Gasteiger partial charge in [-0.3, -0.25) is 0 Å². The highest BCUT2D eigenvalue weighted by molar-refractivity contribution is 5.48. The molecule has 4 nitrogen and oxygen atoms in total. The summed E-state index contributed by atoms with van der Waals surface area (Å²) in [6, 6.07) is 0. The third-order valence-corrected chi connectivity index (χ3v) is 2.95. The fraction of sp³-hybridized carbons (Fsp3) is 0.667. The molecule has 0 aliphatic carbocycles. The summed E-state index contributed by atoms with van der Waals surface area (Å²) in [5.41, 5.74) is 2.28. The molecule has 1 aliphatic rings. The molecule has 1 saturated heterocycles. The number of aromatic nitrogens is 2. The summed E-state index contributed by atoms with van der Waals surface area (Å²) < 4.78 is 0. The van der Waals surface area contributed by atoms with E-state index in [4.69, 9.17) is 0 Å². The molecule has 0 unspecified atom stereocenters. The maximum Gasteiger partial charge on any atom is 0.131 e. The van der Waals surface area contributed by atoms with Gasteiger partial charge >= 0.3 is 0 Å². The zero-order valence-corrected chi connectivity index (χ0v) is 10.3. The number of anilines is 1. The fourth-order valence-corrected chi connectivity index (χ4v) is 1.97. The molecule has 2 heterocycles. The summed E-state index contributed by atoms with van der Waals surface area (Å²) in [5.74, 6) is 1.34. The molecule has 0 amide bonds. The van der Waals surface area contributed by atoms with Crippen molar-refractivity contribution < 1.29 is 0 Å². The Morgan fingerprint density at radius 3 is 2.56 bits per heavy atom. The summed E-state index contributed by atoms with van der Waals surface area (Å²) in [6.45, 7) is 10.5. The maximum atomic E-state index is 4.57. The number of aryl methyl sites for hydroxylation is 1. The van der Waals surface area contributed by atoms with E-state index in [1.54, 1.807) is 0 Å². The number of nitrogens with one attached hydrogen (secondary N) is 1. The smallest absolute Gasteiger partial charge is 0.131 e. The molecule has 2 rings (SSSR count). The van der Waals surface area contributed by atoms with E-state index in [9.17, 15) is 0 Å². The fourth-order valence-electron chi connectivity index (χ4n) is 1.97. The Morgan fingerprint density at radius 1 is 1.31 bits per heavy atom. The van der Waals surface area contributed by atoms with Gasteiger partial charge < -0.3 is 10.2 Å². The number of nitrogens with zero attached hydrogens (tertiary/aromatic N) is 3. The molecule has 4 heteroatoms. The lowest BCUT2D eigenvalue weighted by Crippen LogP contribution is -2.44. The van der Waals surface area contributed by atoms with Crippen LogP contribution in [0.15, 0.2) is 6.20 Å². The van der Waals surface area contributed by atoms with E-state index in [0.29, 0.717) is 5.92 Å². The molecule has 1 aliphatic heterocycles. The maximum absolute atomic E-state index is 4.57. The van der Waals surface area contributed by atoms with E-state index in [-0.39, 0.29) is 0 Å². The molecule has 1 N–H and O–H groups in total. The van der Waals surface area contributed by atoms with Crippen molar-refractivity contribution >= 4 is 5.69 Å². The van der Waals surface area contributed by atoms with E-state index in [1.807, 2.05) is 6.20 Å². The van der Waals surface area contributed by atoms with Crippen molar-refractivity contribution in [2.24, 2.45) is 0 Å². The Morgan fingerprint density at radius 2 is 2.00 bits per heavy atom. The summed E-state index contributed by atoms with van der Waals surface area (Å²) >= 11 is 0. The summed E-state index contributed by atoms with van der Waals surface area (Å²) in [5, 5.41) is 3.35. The Kier molecular flexibility index (Phi) is 3.39. The van der Waals surface area contributed by atoms with Gasteiger partial charge in [0.2, 0.25) is 0 Å². The monoisotopic (exact) mass is 220 g/mol. The SMILES string of the molecule is Cc1nc(C(C)C)ncc1N1CCNCC1. The Balaban J connectivity index is 2.21. The van der Waals surface area contributed by atoms with Crippen molar-refractivity contribution in [3.63, 3.8) is 0 Å². The zero-order chi connectivity index (χ0) is 11.5. The van der Waals surface area contributed by atoms with Gasteiger partial charge in [0, 0.05) is 32.1 Å². The van der Waals surface area contributed by atoms with E-state index in [2.05, 4.69) is 41.0 Å². The third kappa shape index (κ3) is 2.32. The minimum absolute atomic E-state index is 0.399. The molecular formula is C12H20N4. The molecule has 1 aromatic rings. The van der Waals surface area contributed by atoms with Gasteiger partial charge in [-0.05, 0) is 6.92 Å². The molecule has 0 atom stereocenters. The molecule has 0 saturated carbocycles. The number of piperazine rings is 1. The standard InChI is InChI=1S/C12H20N4/c1-9(2)12-14-8-11(10(3)15-12)16-6-4-13-5-7-16/h8-9,13H,4-7H2,1-3H3. The van der Waals surface area contributed by atoms with E-state index in [0.717, 1.165) is 37.7 Å². The minimum Gasteiger partial charge on any atom is -0.366 e. The van der Waals surface area contributed by atoms with Crippen LogP contribution < -0.4 is 10.2 Å². The third-order valence-electron chi connectivity index (χ3n) is 2.95. The first kappa shape index (κ1) is 11.3. The van der Waals surface area contributed by atoms with Crippen LogP contribution in [0.5, 0.6) is 0 Å². The minimum atomic E-state index is 0.399. The van der Waals surface area contributed by atoms with Crippen molar-refractivity contribution in [3.05, 3.63) is 17.7 Å². The molecular weight excluding hydrogens is 200 g/mol. The van der Waals surface area contributed by atoms with Crippen LogP contribution in [0.3, 0.4) is 0 Å². The molecule has 0 spiro atoms. The molecule has 1 aromatic heterocycles. The van der Waals surface area contributed by atoms with E-state index < -0.39 is 0 Å². The normalized spacial score (nSPS) is 16.9. The molecule has 88 valence electrons. The number of hydrogen-bond acceptors (Lipinski definition) is 4. The predicted octanol–water partition coefficient (Wildman–Crippen LogP) is 1.32.